The summed E-state index contributed by atoms with van der Waals surface area (Å²) in [5, 5.41) is 31.9. The van der Waals surface area contributed by atoms with Gasteiger partial charge in [0, 0.05) is 0 Å². The van der Waals surface area contributed by atoms with Crippen LogP contribution < -0.4 is 0 Å². The Balaban J connectivity index is 1.22. The molecule has 0 bridgehead atoms. The maximum absolute atomic E-state index is 10.8. The fourth-order valence-corrected chi connectivity index (χ4v) is 10.2. The van der Waals surface area contributed by atoms with Gasteiger partial charge in [-0.05, 0) is 122 Å². The topological polar surface area (TPSA) is 60.7 Å². The summed E-state index contributed by atoms with van der Waals surface area (Å²) in [4.78, 5) is 0. The second-order valence-electron chi connectivity index (χ2n) is 13.7. The smallest absolute Gasteiger partial charge is 0.0832 e. The third-order valence-corrected chi connectivity index (χ3v) is 12.2. The molecule has 11 atom stereocenters. The Bertz CT molecular complexity index is 883. The first-order chi connectivity index (χ1) is 16.7. The summed E-state index contributed by atoms with van der Waals surface area (Å²) >= 11 is 0. The van der Waals surface area contributed by atoms with Gasteiger partial charge in [-0.3, -0.25) is 0 Å². The SMILES string of the molecule is Cc1ccccc1C(O)CCCC(C)[C@H]1CC[C@H]2[C@@H]3CC[C@H]4[C@@H](O)[C@@H](O)CC[C@]4(C)[C@H]3CC[C@]12C. The maximum atomic E-state index is 10.8. The van der Waals surface area contributed by atoms with E-state index in [2.05, 4.69) is 39.8 Å². The van der Waals surface area contributed by atoms with Gasteiger partial charge in [0.2, 0.25) is 0 Å². The molecule has 0 saturated heterocycles. The zero-order valence-corrected chi connectivity index (χ0v) is 22.6. The second kappa shape index (κ2) is 9.76. The summed E-state index contributed by atoms with van der Waals surface area (Å²) in [6.07, 6.45) is 11.4. The van der Waals surface area contributed by atoms with Crippen LogP contribution in [0.2, 0.25) is 0 Å². The minimum atomic E-state index is -0.519. The highest BCUT2D eigenvalue weighted by Gasteiger charge is 2.61. The number of aliphatic hydroxyl groups is 3. The van der Waals surface area contributed by atoms with Crippen molar-refractivity contribution >= 4 is 0 Å². The summed E-state index contributed by atoms with van der Waals surface area (Å²) < 4.78 is 0. The van der Waals surface area contributed by atoms with Crippen LogP contribution in [0.4, 0.5) is 0 Å². The quantitative estimate of drug-likeness (QED) is 0.417. The molecular weight excluding hydrogens is 432 g/mol. The minimum Gasteiger partial charge on any atom is -0.390 e. The highest BCUT2D eigenvalue weighted by Crippen LogP contribution is 2.68. The van der Waals surface area contributed by atoms with E-state index in [4.69, 9.17) is 0 Å². The second-order valence-corrected chi connectivity index (χ2v) is 13.7. The van der Waals surface area contributed by atoms with Crippen LogP contribution in [0.25, 0.3) is 0 Å². The monoisotopic (exact) mass is 482 g/mol. The summed E-state index contributed by atoms with van der Waals surface area (Å²) in [6, 6.07) is 8.26. The Morgan fingerprint density at radius 3 is 2.31 bits per heavy atom. The zero-order valence-electron chi connectivity index (χ0n) is 22.6. The van der Waals surface area contributed by atoms with E-state index in [-0.39, 0.29) is 17.4 Å². The number of fused-ring (bicyclic) bond motifs is 5. The Morgan fingerprint density at radius 1 is 0.857 bits per heavy atom. The fourth-order valence-electron chi connectivity index (χ4n) is 10.2. The van der Waals surface area contributed by atoms with E-state index in [1.807, 2.05) is 12.1 Å². The summed E-state index contributed by atoms with van der Waals surface area (Å²) in [5.41, 5.74) is 2.94. The van der Waals surface area contributed by atoms with E-state index in [0.29, 0.717) is 11.3 Å². The molecule has 0 spiro atoms. The van der Waals surface area contributed by atoms with Crippen LogP contribution in [0.1, 0.15) is 109 Å². The average Bonchev–Trinajstić information content (AvgIpc) is 3.19. The first kappa shape index (κ1) is 25.7. The largest absolute Gasteiger partial charge is 0.390 e. The molecule has 0 radical (unpaired) electrons. The summed E-state index contributed by atoms with van der Waals surface area (Å²) in [5.74, 6) is 4.15. The van der Waals surface area contributed by atoms with Crippen molar-refractivity contribution in [1.29, 1.82) is 0 Å². The van der Waals surface area contributed by atoms with Crippen LogP contribution in [0, 0.1) is 53.3 Å². The Hall–Kier alpha value is -0.900. The van der Waals surface area contributed by atoms with Crippen molar-refractivity contribution in [3.05, 3.63) is 35.4 Å². The Labute approximate surface area is 213 Å². The number of aliphatic hydroxyl groups excluding tert-OH is 3. The van der Waals surface area contributed by atoms with Gasteiger partial charge < -0.3 is 15.3 Å². The minimum absolute atomic E-state index is 0.207. The highest BCUT2D eigenvalue weighted by atomic mass is 16.3. The van der Waals surface area contributed by atoms with Crippen molar-refractivity contribution in [2.45, 2.75) is 117 Å². The van der Waals surface area contributed by atoms with Crippen LogP contribution in [0.3, 0.4) is 0 Å². The molecule has 4 saturated carbocycles. The van der Waals surface area contributed by atoms with Gasteiger partial charge in [0.05, 0.1) is 18.3 Å². The lowest BCUT2D eigenvalue weighted by molar-refractivity contribution is -0.174. The molecule has 0 aliphatic heterocycles. The van der Waals surface area contributed by atoms with E-state index < -0.39 is 12.2 Å². The number of hydrogen-bond donors (Lipinski definition) is 3. The van der Waals surface area contributed by atoms with Crippen LogP contribution in [0.5, 0.6) is 0 Å². The Morgan fingerprint density at radius 2 is 1.54 bits per heavy atom. The van der Waals surface area contributed by atoms with E-state index in [1.54, 1.807) is 0 Å². The fraction of sp³-hybridized carbons (Fsp3) is 0.812. The molecule has 3 nitrogen and oxygen atoms in total. The molecule has 0 aromatic heterocycles. The number of hydrogen-bond acceptors (Lipinski definition) is 3. The van der Waals surface area contributed by atoms with Crippen molar-refractivity contribution in [3.63, 3.8) is 0 Å². The third-order valence-electron chi connectivity index (χ3n) is 12.2. The molecule has 2 unspecified atom stereocenters. The molecule has 0 amide bonds. The normalized spacial score (nSPS) is 44.7. The molecule has 3 heteroatoms. The molecule has 5 rings (SSSR count). The maximum Gasteiger partial charge on any atom is 0.0832 e. The van der Waals surface area contributed by atoms with Crippen molar-refractivity contribution < 1.29 is 15.3 Å². The van der Waals surface area contributed by atoms with E-state index in [9.17, 15) is 15.3 Å². The highest BCUT2D eigenvalue weighted by molar-refractivity contribution is 5.27. The van der Waals surface area contributed by atoms with Gasteiger partial charge in [0.1, 0.15) is 0 Å². The van der Waals surface area contributed by atoms with E-state index >= 15 is 0 Å². The van der Waals surface area contributed by atoms with Gasteiger partial charge in [-0.25, -0.2) is 0 Å². The Kier molecular flexibility index (Phi) is 7.18. The van der Waals surface area contributed by atoms with Crippen LogP contribution in [0.15, 0.2) is 24.3 Å². The summed E-state index contributed by atoms with van der Waals surface area (Å²) in [6.45, 7) is 9.67. The van der Waals surface area contributed by atoms with Gasteiger partial charge in [0.25, 0.3) is 0 Å². The van der Waals surface area contributed by atoms with Gasteiger partial charge in [-0.2, -0.15) is 0 Å². The molecule has 4 aliphatic carbocycles. The molecule has 4 aliphatic rings. The van der Waals surface area contributed by atoms with Crippen LogP contribution in [-0.4, -0.2) is 27.5 Å². The van der Waals surface area contributed by atoms with E-state index in [0.717, 1.165) is 61.3 Å². The molecule has 35 heavy (non-hydrogen) atoms. The van der Waals surface area contributed by atoms with Crippen molar-refractivity contribution in [2.24, 2.45) is 46.3 Å². The molecule has 1 aromatic carbocycles. The number of aryl methyl sites for hydroxylation is 1. The van der Waals surface area contributed by atoms with Crippen molar-refractivity contribution in [1.82, 2.24) is 0 Å². The van der Waals surface area contributed by atoms with Gasteiger partial charge in [-0.15, -0.1) is 0 Å². The number of rotatable bonds is 6. The predicted octanol–water partition coefficient (Wildman–Crippen LogP) is 6.83. The van der Waals surface area contributed by atoms with Crippen molar-refractivity contribution in [3.8, 4) is 0 Å². The van der Waals surface area contributed by atoms with E-state index in [1.165, 1.54) is 44.1 Å². The predicted molar refractivity (Wildman–Crippen MR) is 142 cm³/mol. The van der Waals surface area contributed by atoms with Gasteiger partial charge >= 0.3 is 0 Å². The molecule has 196 valence electrons. The number of benzene rings is 1. The summed E-state index contributed by atoms with van der Waals surface area (Å²) in [7, 11) is 0. The van der Waals surface area contributed by atoms with Crippen molar-refractivity contribution in [2.75, 3.05) is 0 Å². The zero-order chi connectivity index (χ0) is 25.0. The average molecular weight is 483 g/mol. The molecule has 3 N–H and O–H groups in total. The standard InChI is InChI=1S/C32H50O3/c1-20-8-5-6-10-22(20)28(33)11-7-9-21(2)24-14-15-25-23-12-13-27-30(35)29(34)17-19-32(27,4)26(23)16-18-31(24,25)3/h5-6,8,10,21,23-30,33-35H,7,9,11-19H2,1-4H3/t21?,23-,24+,25-,26-,27-,28?,29-,30+,31+,32+/m0/s1. The lowest BCUT2D eigenvalue weighted by Gasteiger charge is -2.62. The molecule has 1 aromatic rings. The lowest BCUT2D eigenvalue weighted by Crippen LogP contribution is -2.58. The molecule has 4 fully saturated rings. The lowest BCUT2D eigenvalue weighted by atomic mass is 9.44. The molecular formula is C32H50O3. The van der Waals surface area contributed by atoms with Crippen LogP contribution >= 0.6 is 0 Å². The third kappa shape index (κ3) is 4.32. The van der Waals surface area contributed by atoms with Crippen LogP contribution in [-0.2, 0) is 0 Å². The first-order valence-corrected chi connectivity index (χ1v) is 14.8. The molecule has 0 heterocycles. The first-order valence-electron chi connectivity index (χ1n) is 14.8. The van der Waals surface area contributed by atoms with Gasteiger partial charge in [0.15, 0.2) is 0 Å². The van der Waals surface area contributed by atoms with Gasteiger partial charge in [-0.1, -0.05) is 57.9 Å².